The second kappa shape index (κ2) is 6.88. The fourth-order valence-corrected chi connectivity index (χ4v) is 2.76. The molecule has 1 atom stereocenters. The molecule has 1 aromatic carbocycles. The number of aryl methyl sites for hydroxylation is 2. The van der Waals surface area contributed by atoms with Crippen molar-refractivity contribution >= 4 is 0 Å². The maximum absolute atomic E-state index is 5.71. The van der Waals surface area contributed by atoms with Crippen molar-refractivity contribution in [2.75, 3.05) is 13.2 Å². The van der Waals surface area contributed by atoms with E-state index in [4.69, 9.17) is 10.6 Å². The molecule has 1 aliphatic rings. The van der Waals surface area contributed by atoms with Gasteiger partial charge in [0, 0.05) is 19.3 Å². The van der Waals surface area contributed by atoms with Gasteiger partial charge in [-0.1, -0.05) is 29.8 Å². The summed E-state index contributed by atoms with van der Waals surface area (Å²) in [6.07, 6.45) is 4.45. The summed E-state index contributed by atoms with van der Waals surface area (Å²) in [5.74, 6) is 6.37. The highest BCUT2D eigenvalue weighted by molar-refractivity contribution is 5.22. The quantitative estimate of drug-likeness (QED) is 0.620. The normalized spacial score (nSPS) is 18.8. The van der Waals surface area contributed by atoms with Gasteiger partial charge in [-0.25, -0.2) is 0 Å². The van der Waals surface area contributed by atoms with Gasteiger partial charge in [0.25, 0.3) is 0 Å². The molecule has 2 rings (SSSR count). The Morgan fingerprint density at radius 3 is 2.83 bits per heavy atom. The number of benzene rings is 1. The maximum Gasteiger partial charge on any atom is 0.0469 e. The number of ether oxygens (including phenoxy) is 1. The lowest BCUT2D eigenvalue weighted by Gasteiger charge is -2.29. The smallest absolute Gasteiger partial charge is 0.0469 e. The minimum absolute atomic E-state index is 0.411. The SMILES string of the molecule is Cc1cccc(CCC(NN)C2CCOCC2)c1. The van der Waals surface area contributed by atoms with E-state index in [1.54, 1.807) is 0 Å². The Morgan fingerprint density at radius 1 is 1.39 bits per heavy atom. The van der Waals surface area contributed by atoms with E-state index >= 15 is 0 Å². The molecule has 1 aromatic rings. The highest BCUT2D eigenvalue weighted by atomic mass is 16.5. The predicted molar refractivity (Wildman–Crippen MR) is 74.2 cm³/mol. The fraction of sp³-hybridized carbons (Fsp3) is 0.600. The molecular formula is C15H24N2O. The summed E-state index contributed by atoms with van der Waals surface area (Å²) in [6, 6.07) is 9.14. The summed E-state index contributed by atoms with van der Waals surface area (Å²) in [4.78, 5) is 0. The van der Waals surface area contributed by atoms with Crippen LogP contribution in [0.1, 0.15) is 30.4 Å². The Kier molecular flexibility index (Phi) is 5.17. The molecule has 0 aromatic heterocycles. The van der Waals surface area contributed by atoms with Crippen LogP contribution in [0.25, 0.3) is 0 Å². The predicted octanol–water partition coefficient (Wildman–Crippen LogP) is 2.19. The highest BCUT2D eigenvalue weighted by Gasteiger charge is 2.22. The lowest BCUT2D eigenvalue weighted by molar-refractivity contribution is 0.0526. The topological polar surface area (TPSA) is 47.3 Å². The molecule has 3 heteroatoms. The average molecular weight is 248 g/mol. The third kappa shape index (κ3) is 3.80. The first-order valence-corrected chi connectivity index (χ1v) is 6.89. The molecule has 1 saturated heterocycles. The van der Waals surface area contributed by atoms with E-state index in [1.807, 2.05) is 0 Å². The maximum atomic E-state index is 5.71. The summed E-state index contributed by atoms with van der Waals surface area (Å²) in [5, 5.41) is 0. The van der Waals surface area contributed by atoms with E-state index in [0.29, 0.717) is 12.0 Å². The van der Waals surface area contributed by atoms with Gasteiger partial charge < -0.3 is 4.74 Å². The van der Waals surface area contributed by atoms with Crippen molar-refractivity contribution < 1.29 is 4.74 Å². The van der Waals surface area contributed by atoms with Gasteiger partial charge in [0.1, 0.15) is 0 Å². The molecule has 100 valence electrons. The molecule has 3 N–H and O–H groups in total. The van der Waals surface area contributed by atoms with E-state index in [0.717, 1.165) is 38.9 Å². The molecule has 0 spiro atoms. The molecule has 1 heterocycles. The monoisotopic (exact) mass is 248 g/mol. The van der Waals surface area contributed by atoms with Crippen LogP contribution in [0.4, 0.5) is 0 Å². The van der Waals surface area contributed by atoms with Gasteiger partial charge in [0.2, 0.25) is 0 Å². The third-order valence-corrected chi connectivity index (χ3v) is 3.88. The Hall–Kier alpha value is -0.900. The lowest BCUT2D eigenvalue weighted by atomic mass is 9.88. The van der Waals surface area contributed by atoms with Crippen LogP contribution in [-0.4, -0.2) is 19.3 Å². The zero-order valence-corrected chi connectivity index (χ0v) is 11.2. The van der Waals surface area contributed by atoms with Crippen molar-refractivity contribution in [3.8, 4) is 0 Å². The fourth-order valence-electron chi connectivity index (χ4n) is 2.76. The molecule has 18 heavy (non-hydrogen) atoms. The van der Waals surface area contributed by atoms with Gasteiger partial charge in [-0.2, -0.15) is 0 Å². The van der Waals surface area contributed by atoms with E-state index in [1.165, 1.54) is 11.1 Å². The van der Waals surface area contributed by atoms with Crippen LogP contribution in [0.5, 0.6) is 0 Å². The van der Waals surface area contributed by atoms with Gasteiger partial charge in [0.15, 0.2) is 0 Å². The molecule has 0 amide bonds. The molecular weight excluding hydrogens is 224 g/mol. The zero-order chi connectivity index (χ0) is 12.8. The van der Waals surface area contributed by atoms with Crippen LogP contribution >= 0.6 is 0 Å². The van der Waals surface area contributed by atoms with Gasteiger partial charge in [-0.3, -0.25) is 11.3 Å². The highest BCUT2D eigenvalue weighted by Crippen LogP contribution is 2.21. The van der Waals surface area contributed by atoms with E-state index in [-0.39, 0.29) is 0 Å². The van der Waals surface area contributed by atoms with Crippen molar-refractivity contribution in [3.63, 3.8) is 0 Å². The lowest BCUT2D eigenvalue weighted by Crippen LogP contribution is -2.43. The summed E-state index contributed by atoms with van der Waals surface area (Å²) < 4.78 is 5.40. The molecule has 0 saturated carbocycles. The Morgan fingerprint density at radius 2 is 2.17 bits per heavy atom. The van der Waals surface area contributed by atoms with E-state index in [9.17, 15) is 0 Å². The molecule has 0 radical (unpaired) electrons. The summed E-state index contributed by atoms with van der Waals surface area (Å²) in [5.41, 5.74) is 5.74. The van der Waals surface area contributed by atoms with Gasteiger partial charge >= 0.3 is 0 Å². The molecule has 1 unspecified atom stereocenters. The van der Waals surface area contributed by atoms with Crippen molar-refractivity contribution in [2.24, 2.45) is 11.8 Å². The number of hydrazine groups is 1. The second-order valence-corrected chi connectivity index (χ2v) is 5.25. The minimum Gasteiger partial charge on any atom is -0.381 e. The van der Waals surface area contributed by atoms with Crippen LogP contribution in [0.2, 0.25) is 0 Å². The summed E-state index contributed by atoms with van der Waals surface area (Å²) in [6.45, 7) is 3.90. The van der Waals surface area contributed by atoms with Crippen molar-refractivity contribution in [1.29, 1.82) is 0 Å². The van der Waals surface area contributed by atoms with E-state index < -0.39 is 0 Å². The average Bonchev–Trinajstić information content (AvgIpc) is 2.41. The number of hydrogen-bond acceptors (Lipinski definition) is 3. The Bertz CT molecular complexity index is 361. The Balaban J connectivity index is 1.86. The molecule has 0 bridgehead atoms. The number of rotatable bonds is 5. The first-order valence-electron chi connectivity index (χ1n) is 6.89. The standard InChI is InChI=1S/C15H24N2O/c1-12-3-2-4-13(11-12)5-6-15(17-16)14-7-9-18-10-8-14/h2-4,11,14-15,17H,5-10,16H2,1H3. The van der Waals surface area contributed by atoms with Crippen molar-refractivity contribution in [3.05, 3.63) is 35.4 Å². The first kappa shape index (κ1) is 13.5. The van der Waals surface area contributed by atoms with Crippen LogP contribution in [-0.2, 0) is 11.2 Å². The third-order valence-electron chi connectivity index (χ3n) is 3.88. The summed E-state index contributed by atoms with van der Waals surface area (Å²) in [7, 11) is 0. The van der Waals surface area contributed by atoms with E-state index in [2.05, 4.69) is 36.6 Å². The van der Waals surface area contributed by atoms with Crippen LogP contribution < -0.4 is 11.3 Å². The van der Waals surface area contributed by atoms with Gasteiger partial charge in [-0.05, 0) is 44.1 Å². The number of nitrogens with two attached hydrogens (primary N) is 1. The van der Waals surface area contributed by atoms with Gasteiger partial charge in [-0.15, -0.1) is 0 Å². The van der Waals surface area contributed by atoms with Crippen LogP contribution in [0, 0.1) is 12.8 Å². The Labute approximate surface area is 110 Å². The van der Waals surface area contributed by atoms with Gasteiger partial charge in [0.05, 0.1) is 0 Å². The van der Waals surface area contributed by atoms with Crippen molar-refractivity contribution in [2.45, 2.75) is 38.6 Å². The largest absolute Gasteiger partial charge is 0.381 e. The van der Waals surface area contributed by atoms with Crippen molar-refractivity contribution in [1.82, 2.24) is 5.43 Å². The van der Waals surface area contributed by atoms with Crippen LogP contribution in [0.15, 0.2) is 24.3 Å². The number of nitrogens with one attached hydrogen (secondary N) is 1. The molecule has 3 nitrogen and oxygen atoms in total. The molecule has 0 aliphatic carbocycles. The first-order chi connectivity index (χ1) is 8.79. The second-order valence-electron chi connectivity index (χ2n) is 5.25. The zero-order valence-electron chi connectivity index (χ0n) is 11.2. The summed E-state index contributed by atoms with van der Waals surface area (Å²) >= 11 is 0. The number of hydrogen-bond donors (Lipinski definition) is 2. The van der Waals surface area contributed by atoms with Crippen LogP contribution in [0.3, 0.4) is 0 Å². The minimum atomic E-state index is 0.411. The molecule has 1 fully saturated rings. The molecule has 1 aliphatic heterocycles.